The summed E-state index contributed by atoms with van der Waals surface area (Å²) in [6, 6.07) is 15.6. The average molecular weight is 369 g/mol. The van der Waals surface area contributed by atoms with Crippen molar-refractivity contribution in [3.05, 3.63) is 66.0 Å². The van der Waals surface area contributed by atoms with Gasteiger partial charge in [0.25, 0.3) is 0 Å². The van der Waals surface area contributed by atoms with E-state index in [4.69, 9.17) is 0 Å². The maximum absolute atomic E-state index is 13.8. The van der Waals surface area contributed by atoms with Crippen molar-refractivity contribution in [2.75, 3.05) is 25.5 Å². The standard InChI is InChI=1S/C21H24FN3O2/c1-24(15-17-7-5-6-10-19(17)22)20(26)16-11-13-25(14-12-16)21(27)23-18-8-3-2-4-9-18/h2-10,16H,11-15H2,1H3,(H,23,27). The summed E-state index contributed by atoms with van der Waals surface area (Å²) in [5.41, 5.74) is 1.26. The van der Waals surface area contributed by atoms with Gasteiger partial charge in [0, 0.05) is 43.9 Å². The van der Waals surface area contributed by atoms with Crippen LogP contribution in [0.2, 0.25) is 0 Å². The van der Waals surface area contributed by atoms with Gasteiger partial charge in [-0.1, -0.05) is 36.4 Å². The predicted octanol–water partition coefficient (Wildman–Crippen LogP) is 3.73. The molecule has 3 rings (SSSR count). The van der Waals surface area contributed by atoms with Gasteiger partial charge in [-0.3, -0.25) is 4.79 Å². The molecule has 6 heteroatoms. The molecule has 3 amide bonds. The Morgan fingerprint density at radius 1 is 1.07 bits per heavy atom. The number of halogens is 1. The first-order valence-electron chi connectivity index (χ1n) is 9.14. The molecule has 0 aliphatic carbocycles. The quantitative estimate of drug-likeness (QED) is 0.893. The molecule has 1 N–H and O–H groups in total. The summed E-state index contributed by atoms with van der Waals surface area (Å²) in [6.07, 6.45) is 1.23. The molecule has 0 saturated carbocycles. The topological polar surface area (TPSA) is 52.7 Å². The Hall–Kier alpha value is -2.89. The van der Waals surface area contributed by atoms with Crippen molar-refractivity contribution in [1.29, 1.82) is 0 Å². The number of urea groups is 1. The number of piperidine rings is 1. The van der Waals surface area contributed by atoms with Crippen LogP contribution in [0.5, 0.6) is 0 Å². The third-order valence-corrected chi connectivity index (χ3v) is 4.90. The summed E-state index contributed by atoms with van der Waals surface area (Å²) in [4.78, 5) is 28.3. The molecule has 1 aliphatic heterocycles. The molecule has 1 aliphatic rings. The fourth-order valence-electron chi connectivity index (χ4n) is 3.33. The number of nitrogens with one attached hydrogen (secondary N) is 1. The van der Waals surface area contributed by atoms with Crippen LogP contribution >= 0.6 is 0 Å². The number of carbonyl (C=O) groups is 2. The Morgan fingerprint density at radius 2 is 1.70 bits per heavy atom. The lowest BCUT2D eigenvalue weighted by molar-refractivity contribution is -0.136. The molecule has 0 spiro atoms. The number of benzene rings is 2. The zero-order valence-corrected chi connectivity index (χ0v) is 15.4. The van der Waals surface area contributed by atoms with Gasteiger partial charge in [-0.15, -0.1) is 0 Å². The van der Waals surface area contributed by atoms with Gasteiger partial charge in [0.05, 0.1) is 0 Å². The van der Waals surface area contributed by atoms with E-state index in [1.807, 2.05) is 30.3 Å². The molecule has 5 nitrogen and oxygen atoms in total. The lowest BCUT2D eigenvalue weighted by Crippen LogP contribution is -2.44. The molecule has 1 heterocycles. The van der Waals surface area contributed by atoms with Crippen LogP contribution in [0.4, 0.5) is 14.9 Å². The Labute approximate surface area is 158 Å². The molecule has 0 aromatic heterocycles. The van der Waals surface area contributed by atoms with Gasteiger partial charge in [0.1, 0.15) is 5.82 Å². The number of carbonyl (C=O) groups excluding carboxylic acids is 2. The SMILES string of the molecule is CN(Cc1ccccc1F)C(=O)C1CCN(C(=O)Nc2ccccc2)CC1. The number of nitrogens with zero attached hydrogens (tertiary/aromatic N) is 2. The monoisotopic (exact) mass is 369 g/mol. The van der Waals surface area contributed by atoms with Gasteiger partial charge in [-0.25, -0.2) is 9.18 Å². The maximum atomic E-state index is 13.8. The van der Waals surface area contributed by atoms with Crippen molar-refractivity contribution in [3.8, 4) is 0 Å². The van der Waals surface area contributed by atoms with Gasteiger partial charge in [-0.05, 0) is 31.0 Å². The molecular weight excluding hydrogens is 345 g/mol. The van der Waals surface area contributed by atoms with Crippen molar-refractivity contribution < 1.29 is 14.0 Å². The van der Waals surface area contributed by atoms with Crippen molar-refractivity contribution in [2.45, 2.75) is 19.4 Å². The third kappa shape index (κ3) is 4.84. The van der Waals surface area contributed by atoms with E-state index < -0.39 is 0 Å². The zero-order chi connectivity index (χ0) is 19.2. The Kier molecular flexibility index (Phi) is 6.06. The molecule has 2 aromatic rings. The summed E-state index contributed by atoms with van der Waals surface area (Å²) in [7, 11) is 1.70. The lowest BCUT2D eigenvalue weighted by atomic mass is 9.95. The molecule has 0 bridgehead atoms. The van der Waals surface area contributed by atoms with E-state index in [2.05, 4.69) is 5.32 Å². The largest absolute Gasteiger partial charge is 0.341 e. The van der Waals surface area contributed by atoms with Crippen LogP contribution in [0.3, 0.4) is 0 Å². The Morgan fingerprint density at radius 3 is 2.37 bits per heavy atom. The summed E-state index contributed by atoms with van der Waals surface area (Å²) < 4.78 is 13.8. The van der Waals surface area contributed by atoms with Gasteiger partial charge in [0.2, 0.25) is 5.91 Å². The summed E-state index contributed by atoms with van der Waals surface area (Å²) in [5.74, 6) is -0.437. The molecule has 0 radical (unpaired) electrons. The number of rotatable bonds is 4. The average Bonchev–Trinajstić information content (AvgIpc) is 2.70. The second-order valence-electron chi connectivity index (χ2n) is 6.84. The Bertz CT molecular complexity index is 789. The van der Waals surface area contributed by atoms with Crippen molar-refractivity contribution in [2.24, 2.45) is 5.92 Å². The van der Waals surface area contributed by atoms with Crippen LogP contribution in [0.15, 0.2) is 54.6 Å². The number of hydrogen-bond donors (Lipinski definition) is 1. The Balaban J connectivity index is 1.50. The highest BCUT2D eigenvalue weighted by atomic mass is 19.1. The van der Waals surface area contributed by atoms with E-state index in [1.54, 1.807) is 35.0 Å². The van der Waals surface area contributed by atoms with Gasteiger partial charge < -0.3 is 15.1 Å². The van der Waals surface area contributed by atoms with Crippen LogP contribution in [-0.4, -0.2) is 41.9 Å². The molecular formula is C21H24FN3O2. The van der Waals surface area contributed by atoms with Crippen molar-refractivity contribution in [3.63, 3.8) is 0 Å². The molecule has 27 heavy (non-hydrogen) atoms. The number of likely N-dealkylation sites (tertiary alicyclic amines) is 1. The van der Waals surface area contributed by atoms with Gasteiger partial charge in [-0.2, -0.15) is 0 Å². The minimum atomic E-state index is -0.301. The first kappa shape index (κ1) is 18.9. The molecule has 142 valence electrons. The second-order valence-corrected chi connectivity index (χ2v) is 6.84. The van der Waals surface area contributed by atoms with E-state index in [1.165, 1.54) is 6.07 Å². The number of anilines is 1. The number of amides is 3. The number of para-hydroxylation sites is 1. The van der Waals surface area contributed by atoms with Gasteiger partial charge >= 0.3 is 6.03 Å². The van der Waals surface area contributed by atoms with E-state index in [0.29, 0.717) is 31.5 Å². The molecule has 1 fully saturated rings. The normalized spacial score (nSPS) is 14.7. The zero-order valence-electron chi connectivity index (χ0n) is 15.4. The fourth-order valence-corrected chi connectivity index (χ4v) is 3.33. The smallest absolute Gasteiger partial charge is 0.321 e. The first-order valence-corrected chi connectivity index (χ1v) is 9.14. The highest BCUT2D eigenvalue weighted by Gasteiger charge is 2.29. The molecule has 1 saturated heterocycles. The minimum Gasteiger partial charge on any atom is -0.341 e. The summed E-state index contributed by atoms with van der Waals surface area (Å²) in [6.45, 7) is 1.31. The maximum Gasteiger partial charge on any atom is 0.321 e. The first-order chi connectivity index (χ1) is 13.0. The summed E-state index contributed by atoms with van der Waals surface area (Å²) >= 11 is 0. The molecule has 2 aromatic carbocycles. The predicted molar refractivity (Wildman–Crippen MR) is 103 cm³/mol. The molecule has 0 atom stereocenters. The van der Waals surface area contributed by atoms with Crippen LogP contribution in [0.1, 0.15) is 18.4 Å². The van der Waals surface area contributed by atoms with Crippen LogP contribution in [-0.2, 0) is 11.3 Å². The fraction of sp³-hybridized carbons (Fsp3) is 0.333. The molecule has 0 unspecified atom stereocenters. The van der Waals surface area contributed by atoms with E-state index >= 15 is 0 Å². The lowest BCUT2D eigenvalue weighted by Gasteiger charge is -2.33. The van der Waals surface area contributed by atoms with Crippen LogP contribution in [0, 0.1) is 11.7 Å². The van der Waals surface area contributed by atoms with Crippen molar-refractivity contribution in [1.82, 2.24) is 9.80 Å². The van der Waals surface area contributed by atoms with E-state index in [0.717, 1.165) is 5.69 Å². The van der Waals surface area contributed by atoms with Crippen molar-refractivity contribution >= 4 is 17.6 Å². The summed E-state index contributed by atoms with van der Waals surface area (Å²) in [5, 5.41) is 2.87. The second kappa shape index (κ2) is 8.66. The minimum absolute atomic E-state index is 0.00127. The van der Waals surface area contributed by atoms with Gasteiger partial charge in [0.15, 0.2) is 0 Å². The van der Waals surface area contributed by atoms with E-state index in [-0.39, 0.29) is 30.2 Å². The third-order valence-electron chi connectivity index (χ3n) is 4.90. The number of hydrogen-bond acceptors (Lipinski definition) is 2. The van der Waals surface area contributed by atoms with Crippen LogP contribution < -0.4 is 5.32 Å². The highest BCUT2D eigenvalue weighted by Crippen LogP contribution is 2.21. The highest BCUT2D eigenvalue weighted by molar-refractivity contribution is 5.89. The van der Waals surface area contributed by atoms with Crippen LogP contribution in [0.25, 0.3) is 0 Å². The van der Waals surface area contributed by atoms with E-state index in [9.17, 15) is 14.0 Å².